The number of hydrogen-bond acceptors (Lipinski definition) is 9. The molecule has 0 aliphatic carbocycles. The lowest BCUT2D eigenvalue weighted by atomic mass is 10.0. The lowest BCUT2D eigenvalue weighted by Gasteiger charge is -2.12. The Morgan fingerprint density at radius 1 is 0.615 bits per heavy atom. The van der Waals surface area contributed by atoms with Crippen molar-refractivity contribution in [1.29, 1.82) is 0 Å². The number of nitrogen functional groups attached to an aromatic ring is 2. The molecule has 0 atom stereocenters. The van der Waals surface area contributed by atoms with Crippen LogP contribution in [-0.2, 0) is 20.2 Å². The molecule has 0 radical (unpaired) electrons. The van der Waals surface area contributed by atoms with Crippen LogP contribution in [0.1, 0.15) is 0 Å². The summed E-state index contributed by atoms with van der Waals surface area (Å²) in [6, 6.07) is 22.5. The molecule has 198 valence electrons. The fraction of sp³-hybridized carbons (Fsp3) is 0. The average molecular weight is 581 g/mol. The van der Waals surface area contributed by atoms with E-state index in [0.717, 1.165) is 29.0 Å². The number of anilines is 2. The zero-order chi connectivity index (χ0) is 27.9. The van der Waals surface area contributed by atoms with Gasteiger partial charge in [-0.15, -0.1) is 0 Å². The Bertz CT molecular complexity index is 1950. The second-order valence-electron chi connectivity index (χ2n) is 8.48. The minimum atomic E-state index is -4.81. The van der Waals surface area contributed by atoms with Crippen molar-refractivity contribution in [2.45, 2.75) is 19.6 Å². The number of benzene rings is 4. The third-order valence-electron chi connectivity index (χ3n) is 5.72. The van der Waals surface area contributed by atoms with Crippen LogP contribution in [0, 0.1) is 0 Å². The van der Waals surface area contributed by atoms with E-state index in [1.54, 1.807) is 42.5 Å². The van der Waals surface area contributed by atoms with Crippen LogP contribution >= 0.6 is 11.8 Å². The molecule has 5 rings (SSSR count). The van der Waals surface area contributed by atoms with Crippen LogP contribution in [0.2, 0.25) is 0 Å². The second kappa shape index (κ2) is 9.94. The van der Waals surface area contributed by atoms with Gasteiger partial charge in [-0.3, -0.25) is 9.11 Å². The van der Waals surface area contributed by atoms with E-state index in [1.807, 2.05) is 24.3 Å². The highest BCUT2D eigenvalue weighted by atomic mass is 32.2. The number of nitrogens with zero attached hydrogens (tertiary/aromatic N) is 2. The number of rotatable bonds is 6. The molecule has 0 bridgehead atoms. The molecule has 13 heteroatoms. The number of aromatic nitrogens is 2. The van der Waals surface area contributed by atoms with E-state index in [9.17, 15) is 25.9 Å². The van der Waals surface area contributed by atoms with Gasteiger partial charge in [0.05, 0.1) is 27.3 Å². The molecule has 0 saturated carbocycles. The minimum absolute atomic E-state index is 0.0504. The van der Waals surface area contributed by atoms with E-state index in [-0.39, 0.29) is 4.90 Å². The van der Waals surface area contributed by atoms with Gasteiger partial charge in [-0.05, 0) is 60.7 Å². The van der Waals surface area contributed by atoms with Crippen molar-refractivity contribution in [3.05, 3.63) is 84.9 Å². The summed E-state index contributed by atoms with van der Waals surface area (Å²) in [4.78, 5) is 8.99. The lowest BCUT2D eigenvalue weighted by molar-refractivity contribution is 0.479. The van der Waals surface area contributed by atoms with Gasteiger partial charge in [0.15, 0.2) is 0 Å². The van der Waals surface area contributed by atoms with Crippen LogP contribution in [0.5, 0.6) is 0 Å². The SMILES string of the molecule is Nc1ccc(-c2nc3ccc(Sc4ccc(S(=O)(=O)O)cc4S(=O)(=O)O)cc3nc2-c2ccc(N)cc2)cc1. The van der Waals surface area contributed by atoms with Crippen LogP contribution in [-0.4, -0.2) is 35.9 Å². The van der Waals surface area contributed by atoms with Gasteiger partial charge >= 0.3 is 0 Å². The summed E-state index contributed by atoms with van der Waals surface area (Å²) in [6.45, 7) is 0. The Morgan fingerprint density at radius 3 is 1.67 bits per heavy atom. The largest absolute Gasteiger partial charge is 0.399 e. The molecule has 4 aromatic carbocycles. The monoisotopic (exact) mass is 580 g/mol. The van der Waals surface area contributed by atoms with E-state index in [4.69, 9.17) is 21.4 Å². The molecular formula is C26H20N4O6S3. The zero-order valence-electron chi connectivity index (χ0n) is 19.9. The van der Waals surface area contributed by atoms with E-state index in [1.165, 1.54) is 6.07 Å². The molecule has 6 N–H and O–H groups in total. The molecule has 1 aromatic heterocycles. The highest BCUT2D eigenvalue weighted by molar-refractivity contribution is 8.00. The molecule has 5 aromatic rings. The summed E-state index contributed by atoms with van der Waals surface area (Å²) in [5.41, 5.74) is 16.8. The predicted molar refractivity (Wildman–Crippen MR) is 149 cm³/mol. The molecule has 0 amide bonds. The van der Waals surface area contributed by atoms with Crippen molar-refractivity contribution >= 4 is 54.4 Å². The van der Waals surface area contributed by atoms with Crippen LogP contribution in [0.3, 0.4) is 0 Å². The smallest absolute Gasteiger partial charge is 0.295 e. The number of nitrogens with two attached hydrogens (primary N) is 2. The van der Waals surface area contributed by atoms with Gasteiger partial charge in [-0.2, -0.15) is 16.8 Å². The Balaban J connectivity index is 1.63. The Kier molecular flexibility index (Phi) is 6.78. The quantitative estimate of drug-likeness (QED) is 0.160. The summed E-state index contributed by atoms with van der Waals surface area (Å²) in [7, 11) is -9.49. The number of fused-ring (bicyclic) bond motifs is 1. The third-order valence-corrected chi connectivity index (χ3v) is 8.66. The summed E-state index contributed by atoms with van der Waals surface area (Å²) < 4.78 is 65.9. The first kappa shape index (κ1) is 26.6. The van der Waals surface area contributed by atoms with Gasteiger partial charge in [-0.25, -0.2) is 9.97 Å². The topological polar surface area (TPSA) is 187 Å². The van der Waals surface area contributed by atoms with Crippen LogP contribution < -0.4 is 11.5 Å². The van der Waals surface area contributed by atoms with Gasteiger partial charge in [0.2, 0.25) is 0 Å². The van der Waals surface area contributed by atoms with Gasteiger partial charge in [0.25, 0.3) is 20.2 Å². The van der Waals surface area contributed by atoms with Crippen molar-refractivity contribution in [1.82, 2.24) is 9.97 Å². The normalized spacial score (nSPS) is 12.1. The number of hydrogen-bond donors (Lipinski definition) is 4. The van der Waals surface area contributed by atoms with Gasteiger partial charge in [0, 0.05) is 32.3 Å². The van der Waals surface area contributed by atoms with Crippen molar-refractivity contribution in [3.8, 4) is 22.5 Å². The van der Waals surface area contributed by atoms with Crippen molar-refractivity contribution in [2.24, 2.45) is 0 Å². The minimum Gasteiger partial charge on any atom is -0.399 e. The molecule has 0 fully saturated rings. The van der Waals surface area contributed by atoms with E-state index >= 15 is 0 Å². The molecule has 0 aliphatic heterocycles. The standard InChI is InChI=1S/C26H20N4O6S3/c27-17-5-1-15(2-6-17)25-26(16-3-7-18(28)8-4-16)30-22-13-19(9-11-21(22)29-25)37-23-12-10-20(38(31,32)33)14-24(23)39(34,35)36/h1-14H,27-28H2,(H,31,32,33)(H,34,35,36). The van der Waals surface area contributed by atoms with E-state index < -0.39 is 30.0 Å². The van der Waals surface area contributed by atoms with E-state index in [0.29, 0.717) is 44.8 Å². The predicted octanol–water partition coefficient (Wildman–Crippen LogP) is 4.77. The summed E-state index contributed by atoms with van der Waals surface area (Å²) in [6.07, 6.45) is 0. The molecule has 0 saturated heterocycles. The highest BCUT2D eigenvalue weighted by Gasteiger charge is 2.21. The second-order valence-corrected chi connectivity index (χ2v) is 12.4. The van der Waals surface area contributed by atoms with Crippen LogP contribution in [0.25, 0.3) is 33.5 Å². The summed E-state index contributed by atoms with van der Waals surface area (Å²) in [5.74, 6) is 0. The molecule has 1 heterocycles. The van der Waals surface area contributed by atoms with Crippen molar-refractivity contribution in [3.63, 3.8) is 0 Å². The maximum absolute atomic E-state index is 12.0. The third kappa shape index (κ3) is 5.72. The molecule has 10 nitrogen and oxygen atoms in total. The summed E-state index contributed by atoms with van der Waals surface area (Å²) >= 11 is 0.967. The van der Waals surface area contributed by atoms with Crippen molar-refractivity contribution < 1.29 is 25.9 Å². The van der Waals surface area contributed by atoms with Gasteiger partial charge < -0.3 is 11.5 Å². The van der Waals surface area contributed by atoms with Gasteiger partial charge in [-0.1, -0.05) is 36.0 Å². The zero-order valence-corrected chi connectivity index (χ0v) is 22.3. The van der Waals surface area contributed by atoms with Crippen LogP contribution in [0.4, 0.5) is 11.4 Å². The maximum Gasteiger partial charge on any atom is 0.295 e. The fourth-order valence-corrected chi connectivity index (χ4v) is 6.32. The molecule has 39 heavy (non-hydrogen) atoms. The first-order valence-corrected chi connectivity index (χ1v) is 14.9. The maximum atomic E-state index is 12.0. The summed E-state index contributed by atoms with van der Waals surface area (Å²) in [5, 5.41) is 0. The Labute approximate surface area is 228 Å². The lowest BCUT2D eigenvalue weighted by Crippen LogP contribution is -2.04. The molecule has 0 unspecified atom stereocenters. The Morgan fingerprint density at radius 2 is 1.15 bits per heavy atom. The Hall–Kier alpha value is -4.01. The highest BCUT2D eigenvalue weighted by Crippen LogP contribution is 2.37. The average Bonchev–Trinajstić information content (AvgIpc) is 2.88. The van der Waals surface area contributed by atoms with E-state index in [2.05, 4.69) is 0 Å². The fourth-order valence-electron chi connectivity index (χ4n) is 3.84. The van der Waals surface area contributed by atoms with Gasteiger partial charge in [0.1, 0.15) is 4.90 Å². The molecule has 0 spiro atoms. The first-order valence-electron chi connectivity index (χ1n) is 11.2. The molecule has 0 aliphatic rings. The first-order chi connectivity index (χ1) is 18.4. The van der Waals surface area contributed by atoms with Crippen LogP contribution in [0.15, 0.2) is 105 Å². The van der Waals surface area contributed by atoms with Crippen molar-refractivity contribution in [2.75, 3.05) is 11.5 Å². The molecular weight excluding hydrogens is 561 g/mol.